The first-order valence-corrected chi connectivity index (χ1v) is 7.29. The fourth-order valence-corrected chi connectivity index (χ4v) is 3.18. The van der Waals surface area contributed by atoms with Gasteiger partial charge in [0.2, 0.25) is 0 Å². The second kappa shape index (κ2) is 5.55. The van der Waals surface area contributed by atoms with Gasteiger partial charge in [0.1, 0.15) is 0 Å². The molecule has 0 aliphatic carbocycles. The van der Waals surface area contributed by atoms with Gasteiger partial charge in [0.25, 0.3) is 0 Å². The van der Waals surface area contributed by atoms with E-state index in [9.17, 15) is 0 Å². The zero-order valence-corrected chi connectivity index (χ0v) is 11.7. The predicted molar refractivity (Wildman–Crippen MR) is 81.0 cm³/mol. The van der Waals surface area contributed by atoms with E-state index in [2.05, 4.69) is 40.7 Å². The Morgan fingerprint density at radius 2 is 1.79 bits per heavy atom. The molecule has 94 valence electrons. The Balaban J connectivity index is 2.10. The molecule has 0 spiro atoms. The number of aromatic nitrogens is 1. The Morgan fingerprint density at radius 1 is 0.947 bits per heavy atom. The van der Waals surface area contributed by atoms with Crippen LogP contribution in [0.25, 0.3) is 0 Å². The average Bonchev–Trinajstić information content (AvgIpc) is 2.96. The molecule has 0 saturated carbocycles. The van der Waals surface area contributed by atoms with Crippen molar-refractivity contribution in [3.63, 3.8) is 0 Å². The molecular formula is C16H12ClNS. The molecule has 0 bridgehead atoms. The van der Waals surface area contributed by atoms with Gasteiger partial charge in [0, 0.05) is 28.2 Å². The largest absolute Gasteiger partial charge is 0.264 e. The second-order valence-electron chi connectivity index (χ2n) is 4.29. The number of nitrogens with zero attached hydrogens (tertiary/aromatic N) is 1. The van der Waals surface area contributed by atoms with E-state index < -0.39 is 0 Å². The van der Waals surface area contributed by atoms with Crippen LogP contribution in [0, 0.1) is 0 Å². The average molecular weight is 286 g/mol. The van der Waals surface area contributed by atoms with E-state index in [4.69, 9.17) is 11.6 Å². The molecule has 0 fully saturated rings. The highest BCUT2D eigenvalue weighted by Crippen LogP contribution is 2.34. The summed E-state index contributed by atoms with van der Waals surface area (Å²) < 4.78 is 0. The number of pyridine rings is 1. The summed E-state index contributed by atoms with van der Waals surface area (Å²) in [6.07, 6.45) is 3.73. The zero-order valence-electron chi connectivity index (χ0n) is 10.2. The fraction of sp³-hybridized carbons (Fsp3) is 0.0625. The lowest BCUT2D eigenvalue weighted by atomic mass is 9.91. The molecule has 3 rings (SSSR count). The van der Waals surface area contributed by atoms with Crippen LogP contribution in [0.2, 0.25) is 5.02 Å². The molecule has 1 unspecified atom stereocenters. The smallest absolute Gasteiger partial charge is 0.0449 e. The summed E-state index contributed by atoms with van der Waals surface area (Å²) in [4.78, 5) is 5.55. The molecule has 0 amide bonds. The van der Waals surface area contributed by atoms with Crippen LogP contribution in [-0.2, 0) is 0 Å². The van der Waals surface area contributed by atoms with Crippen LogP contribution in [0.1, 0.15) is 21.9 Å². The molecule has 1 nitrogen and oxygen atoms in total. The van der Waals surface area contributed by atoms with Crippen LogP contribution >= 0.6 is 22.9 Å². The van der Waals surface area contributed by atoms with E-state index in [0.29, 0.717) is 0 Å². The molecule has 1 atom stereocenters. The fourth-order valence-electron chi connectivity index (χ4n) is 2.18. The number of hydrogen-bond acceptors (Lipinski definition) is 2. The summed E-state index contributed by atoms with van der Waals surface area (Å²) in [6.45, 7) is 0. The molecule has 3 heteroatoms. The summed E-state index contributed by atoms with van der Waals surface area (Å²) >= 11 is 7.74. The van der Waals surface area contributed by atoms with Gasteiger partial charge in [-0.15, -0.1) is 11.3 Å². The minimum atomic E-state index is 0.228. The molecule has 0 radical (unpaired) electrons. The topological polar surface area (TPSA) is 12.9 Å². The molecule has 1 aromatic carbocycles. The van der Waals surface area contributed by atoms with E-state index in [0.717, 1.165) is 5.02 Å². The first-order valence-electron chi connectivity index (χ1n) is 6.03. The summed E-state index contributed by atoms with van der Waals surface area (Å²) in [5, 5.41) is 2.87. The van der Waals surface area contributed by atoms with Gasteiger partial charge in [0.15, 0.2) is 0 Å². The van der Waals surface area contributed by atoms with Crippen molar-refractivity contribution in [1.29, 1.82) is 0 Å². The van der Waals surface area contributed by atoms with Gasteiger partial charge in [-0.25, -0.2) is 0 Å². The minimum Gasteiger partial charge on any atom is -0.264 e. The zero-order chi connectivity index (χ0) is 13.1. The Bertz CT molecular complexity index is 632. The lowest BCUT2D eigenvalue weighted by Gasteiger charge is -2.16. The standard InChI is InChI=1S/C16H12ClNS/c17-14-7-5-12(6-8-14)16(15-4-2-10-19-15)13-3-1-9-18-11-13/h1-11,16H. The molecule has 3 aromatic rings. The van der Waals surface area contributed by atoms with Crippen molar-refractivity contribution in [2.45, 2.75) is 5.92 Å². The highest BCUT2D eigenvalue weighted by Gasteiger charge is 2.17. The van der Waals surface area contributed by atoms with Crippen molar-refractivity contribution >= 4 is 22.9 Å². The van der Waals surface area contributed by atoms with Crippen molar-refractivity contribution in [1.82, 2.24) is 4.98 Å². The third kappa shape index (κ3) is 2.70. The predicted octanol–water partition coefficient (Wildman–Crippen LogP) is 4.98. The van der Waals surface area contributed by atoms with Crippen LogP contribution in [0.3, 0.4) is 0 Å². The van der Waals surface area contributed by atoms with Gasteiger partial charge in [-0.1, -0.05) is 35.9 Å². The Hall–Kier alpha value is -1.64. The summed E-state index contributed by atoms with van der Waals surface area (Å²) in [5.41, 5.74) is 2.44. The Kier molecular flexibility index (Phi) is 3.62. The summed E-state index contributed by atoms with van der Waals surface area (Å²) in [5.74, 6) is 0.228. The van der Waals surface area contributed by atoms with Gasteiger partial charge in [-0.3, -0.25) is 4.98 Å². The van der Waals surface area contributed by atoms with E-state index in [-0.39, 0.29) is 5.92 Å². The van der Waals surface area contributed by atoms with Crippen molar-refractivity contribution in [2.24, 2.45) is 0 Å². The summed E-state index contributed by atoms with van der Waals surface area (Å²) in [6, 6.07) is 16.4. The van der Waals surface area contributed by atoms with Crippen LogP contribution in [-0.4, -0.2) is 4.98 Å². The third-order valence-corrected chi connectivity index (χ3v) is 4.24. The van der Waals surface area contributed by atoms with E-state index in [1.165, 1.54) is 16.0 Å². The van der Waals surface area contributed by atoms with Crippen molar-refractivity contribution in [3.8, 4) is 0 Å². The number of hydrogen-bond donors (Lipinski definition) is 0. The molecular weight excluding hydrogens is 274 g/mol. The van der Waals surface area contributed by atoms with Gasteiger partial charge in [-0.2, -0.15) is 0 Å². The molecule has 0 aliphatic heterocycles. The van der Waals surface area contributed by atoms with Gasteiger partial charge in [0.05, 0.1) is 0 Å². The maximum atomic E-state index is 5.98. The summed E-state index contributed by atoms with van der Waals surface area (Å²) in [7, 11) is 0. The highest BCUT2D eigenvalue weighted by atomic mass is 35.5. The molecule has 0 N–H and O–H groups in total. The molecule has 2 heterocycles. The van der Waals surface area contributed by atoms with Crippen LogP contribution in [0.15, 0.2) is 66.3 Å². The molecule has 2 aromatic heterocycles. The van der Waals surface area contributed by atoms with Crippen LogP contribution in [0.5, 0.6) is 0 Å². The van der Waals surface area contributed by atoms with E-state index in [1.807, 2.05) is 24.4 Å². The lowest BCUT2D eigenvalue weighted by Crippen LogP contribution is -2.01. The van der Waals surface area contributed by atoms with Gasteiger partial charge in [-0.05, 0) is 40.8 Å². The van der Waals surface area contributed by atoms with E-state index >= 15 is 0 Å². The highest BCUT2D eigenvalue weighted by molar-refractivity contribution is 7.10. The normalized spacial score (nSPS) is 12.3. The second-order valence-corrected chi connectivity index (χ2v) is 5.70. The lowest BCUT2D eigenvalue weighted by molar-refractivity contribution is 0.988. The third-order valence-electron chi connectivity index (χ3n) is 3.05. The van der Waals surface area contributed by atoms with Crippen molar-refractivity contribution < 1.29 is 0 Å². The molecule has 0 saturated heterocycles. The quantitative estimate of drug-likeness (QED) is 0.661. The van der Waals surface area contributed by atoms with Gasteiger partial charge >= 0.3 is 0 Å². The number of halogens is 1. The molecule has 19 heavy (non-hydrogen) atoms. The molecule has 0 aliphatic rings. The minimum absolute atomic E-state index is 0.228. The number of benzene rings is 1. The Labute approximate surface area is 121 Å². The maximum absolute atomic E-state index is 5.98. The first kappa shape index (κ1) is 12.4. The van der Waals surface area contributed by atoms with Crippen molar-refractivity contribution in [2.75, 3.05) is 0 Å². The van der Waals surface area contributed by atoms with E-state index in [1.54, 1.807) is 17.5 Å². The number of rotatable bonds is 3. The monoisotopic (exact) mass is 285 g/mol. The van der Waals surface area contributed by atoms with Crippen LogP contribution < -0.4 is 0 Å². The van der Waals surface area contributed by atoms with Crippen LogP contribution in [0.4, 0.5) is 0 Å². The first-order chi connectivity index (χ1) is 9.34. The van der Waals surface area contributed by atoms with Gasteiger partial charge < -0.3 is 0 Å². The SMILES string of the molecule is Clc1ccc(C(c2cccnc2)c2cccs2)cc1. The van der Waals surface area contributed by atoms with Crippen molar-refractivity contribution in [3.05, 3.63) is 87.3 Å². The maximum Gasteiger partial charge on any atom is 0.0449 e. The number of thiophene rings is 1. The Morgan fingerprint density at radius 3 is 2.42 bits per heavy atom.